The third-order valence-corrected chi connectivity index (χ3v) is 10.9. The summed E-state index contributed by atoms with van der Waals surface area (Å²) < 4.78 is 0. The topological polar surface area (TPSA) is 40.5 Å². The highest BCUT2D eigenvalue weighted by atomic mass is 16.3. The van der Waals surface area contributed by atoms with Crippen LogP contribution in [0.4, 0.5) is 0 Å². The van der Waals surface area contributed by atoms with Gasteiger partial charge in [0.25, 0.3) is 0 Å². The molecule has 2 heteroatoms. The van der Waals surface area contributed by atoms with Gasteiger partial charge in [0.2, 0.25) is 0 Å². The van der Waals surface area contributed by atoms with Crippen molar-refractivity contribution in [1.29, 1.82) is 0 Å². The van der Waals surface area contributed by atoms with Crippen LogP contribution in [0.25, 0.3) is 0 Å². The lowest BCUT2D eigenvalue weighted by atomic mass is 9.99. The van der Waals surface area contributed by atoms with E-state index in [9.17, 15) is 10.2 Å². The Balaban J connectivity index is 2.28. The largest absolute Gasteiger partial charge is 0.508 e. The Morgan fingerprint density at radius 2 is 0.636 bits per heavy atom. The van der Waals surface area contributed by atoms with Crippen molar-refractivity contribution in [1.82, 2.24) is 0 Å². The Bertz CT molecular complexity index is 1590. The summed E-state index contributed by atoms with van der Waals surface area (Å²) in [5.41, 5.74) is 15.5. The first-order valence-electron chi connectivity index (χ1n) is 21.5. The molecular weight excluding hydrogens is 669 g/mol. The summed E-state index contributed by atoms with van der Waals surface area (Å²) >= 11 is 0. The molecule has 0 unspecified atom stereocenters. The van der Waals surface area contributed by atoms with Crippen molar-refractivity contribution in [2.75, 3.05) is 0 Å². The molecular formula is C53H82O2. The minimum absolute atomic E-state index is 0.255. The highest BCUT2D eigenvalue weighted by Crippen LogP contribution is 2.32. The van der Waals surface area contributed by atoms with Crippen molar-refractivity contribution in [2.45, 2.75) is 192 Å². The van der Waals surface area contributed by atoms with E-state index in [1.54, 1.807) is 6.07 Å². The van der Waals surface area contributed by atoms with Crippen molar-refractivity contribution in [3.63, 3.8) is 0 Å². The van der Waals surface area contributed by atoms with E-state index in [1.807, 2.05) is 13.8 Å². The van der Waals surface area contributed by atoms with Crippen LogP contribution >= 0.6 is 0 Å². The molecule has 1 aromatic carbocycles. The number of hydrogen-bond acceptors (Lipinski definition) is 2. The fourth-order valence-electron chi connectivity index (χ4n) is 6.62. The molecule has 0 aliphatic heterocycles. The lowest BCUT2D eigenvalue weighted by Gasteiger charge is -2.10. The Labute approximate surface area is 340 Å². The maximum absolute atomic E-state index is 10.4. The van der Waals surface area contributed by atoms with Crippen LogP contribution in [-0.4, -0.2) is 10.2 Å². The van der Waals surface area contributed by atoms with E-state index in [2.05, 4.69) is 124 Å². The molecule has 306 valence electrons. The van der Waals surface area contributed by atoms with Crippen LogP contribution in [-0.2, 0) is 6.42 Å². The third kappa shape index (κ3) is 24.6. The average molecular weight is 751 g/mol. The summed E-state index contributed by atoms with van der Waals surface area (Å²) in [5, 5.41) is 20.6. The van der Waals surface area contributed by atoms with Crippen LogP contribution < -0.4 is 0 Å². The zero-order chi connectivity index (χ0) is 41.2. The Morgan fingerprint density at radius 1 is 0.382 bits per heavy atom. The summed E-state index contributed by atoms with van der Waals surface area (Å²) in [6, 6.07) is 1.69. The van der Waals surface area contributed by atoms with E-state index in [4.69, 9.17) is 0 Å². The summed E-state index contributed by atoms with van der Waals surface area (Å²) in [7, 11) is 0. The van der Waals surface area contributed by atoms with Crippen molar-refractivity contribution in [3.05, 3.63) is 128 Å². The van der Waals surface area contributed by atoms with Gasteiger partial charge in [-0.1, -0.05) is 105 Å². The van der Waals surface area contributed by atoms with Crippen LogP contribution in [0.2, 0.25) is 0 Å². The Hall–Kier alpha value is -3.52. The molecule has 0 saturated heterocycles. The molecule has 0 aliphatic rings. The number of phenolic OH excluding ortho intramolecular Hbond substituents is 2. The van der Waals surface area contributed by atoms with Gasteiger partial charge in [-0.15, -0.1) is 0 Å². The lowest BCUT2D eigenvalue weighted by Crippen LogP contribution is -1.91. The molecule has 1 rings (SSSR count). The predicted octanol–water partition coefficient (Wildman–Crippen LogP) is 17.0. The van der Waals surface area contributed by atoms with Gasteiger partial charge in [-0.2, -0.15) is 0 Å². The van der Waals surface area contributed by atoms with Crippen molar-refractivity contribution in [3.8, 4) is 11.5 Å². The number of rotatable bonds is 26. The molecule has 55 heavy (non-hydrogen) atoms. The Morgan fingerprint density at radius 3 is 0.909 bits per heavy atom. The summed E-state index contributed by atoms with van der Waals surface area (Å²) in [6.07, 6.45) is 40.3. The highest BCUT2D eigenvalue weighted by Gasteiger charge is 2.10. The minimum Gasteiger partial charge on any atom is -0.508 e. The number of aromatic hydroxyl groups is 2. The molecule has 0 amide bonds. The van der Waals surface area contributed by atoms with Crippen molar-refractivity contribution >= 4 is 0 Å². The van der Waals surface area contributed by atoms with Crippen LogP contribution in [0.3, 0.4) is 0 Å². The summed E-state index contributed by atoms with van der Waals surface area (Å²) in [5.74, 6) is 0.554. The molecule has 0 radical (unpaired) electrons. The standard InChI is InChI=1S/C53H82O2/c1-40(2)21-13-22-41(3)23-14-24-42(4)25-15-26-43(5)27-16-28-44(6)29-17-30-45(7)31-18-32-46(8)33-19-34-47(9)35-20-36-48(10)37-38-51-39-52(54)49(11)50(12)53(51)55/h21,23,25,27,29,31,33,35,37,39,54-55H,13-20,22,24,26,28,30,32,34,36,38H2,1-12H3/b41-23+,42-25-,43-27+,44-29+,45-31-,46-33-,47-35+,48-37+. The number of phenols is 2. The van der Waals surface area contributed by atoms with Gasteiger partial charge in [-0.05, 0) is 209 Å². The minimum atomic E-state index is 0.255. The fraction of sp³-hybridized carbons (Fsp3) is 0.547. The number of benzene rings is 1. The zero-order valence-electron chi connectivity index (χ0n) is 37.7. The monoisotopic (exact) mass is 751 g/mol. The molecule has 0 atom stereocenters. The van der Waals surface area contributed by atoms with Crippen molar-refractivity contribution < 1.29 is 10.2 Å². The van der Waals surface area contributed by atoms with Crippen LogP contribution in [0, 0.1) is 13.8 Å². The maximum Gasteiger partial charge on any atom is 0.122 e. The number of hydrogen-bond donors (Lipinski definition) is 2. The van der Waals surface area contributed by atoms with E-state index in [0.29, 0.717) is 12.2 Å². The number of allylic oxidation sites excluding steroid dienone is 18. The molecule has 2 nitrogen and oxygen atoms in total. The van der Waals surface area contributed by atoms with Gasteiger partial charge in [0, 0.05) is 5.56 Å². The van der Waals surface area contributed by atoms with E-state index < -0.39 is 0 Å². The summed E-state index contributed by atoms with van der Waals surface area (Å²) in [6.45, 7) is 26.2. The van der Waals surface area contributed by atoms with E-state index in [0.717, 1.165) is 100 Å². The average Bonchev–Trinajstić information content (AvgIpc) is 3.11. The van der Waals surface area contributed by atoms with E-state index >= 15 is 0 Å². The van der Waals surface area contributed by atoms with Gasteiger partial charge < -0.3 is 10.2 Å². The van der Waals surface area contributed by atoms with Gasteiger partial charge in [-0.25, -0.2) is 0 Å². The van der Waals surface area contributed by atoms with Gasteiger partial charge >= 0.3 is 0 Å². The van der Waals surface area contributed by atoms with E-state index in [1.165, 1.54) is 69.4 Å². The highest BCUT2D eigenvalue weighted by molar-refractivity contribution is 5.51. The second kappa shape index (κ2) is 28.8. The molecule has 2 N–H and O–H groups in total. The summed E-state index contributed by atoms with van der Waals surface area (Å²) in [4.78, 5) is 0. The molecule has 0 saturated carbocycles. The SMILES string of the molecule is CC(C)=CCC/C(C)=C/CC/C(C)=C\CC/C(C)=C/CC/C(C)=C/CC/C(C)=C\CC/C(C)=C\CC/C(C)=C/CC/C(C)=C/Cc1cc(O)c(C)c(C)c1O. The molecule has 0 heterocycles. The smallest absolute Gasteiger partial charge is 0.122 e. The predicted molar refractivity (Wildman–Crippen MR) is 246 cm³/mol. The first-order valence-corrected chi connectivity index (χ1v) is 21.5. The second-order valence-electron chi connectivity index (χ2n) is 16.9. The van der Waals surface area contributed by atoms with E-state index in [-0.39, 0.29) is 5.75 Å². The van der Waals surface area contributed by atoms with Crippen LogP contribution in [0.15, 0.2) is 111 Å². The third-order valence-electron chi connectivity index (χ3n) is 10.9. The van der Waals surface area contributed by atoms with Gasteiger partial charge in [0.05, 0.1) is 0 Å². The first-order chi connectivity index (χ1) is 26.1. The van der Waals surface area contributed by atoms with Gasteiger partial charge in [0.15, 0.2) is 0 Å². The van der Waals surface area contributed by atoms with Gasteiger partial charge in [0.1, 0.15) is 11.5 Å². The Kier molecular flexibility index (Phi) is 25.9. The quantitative estimate of drug-likeness (QED) is 0.0731. The molecule has 0 spiro atoms. The molecule has 0 aromatic heterocycles. The lowest BCUT2D eigenvalue weighted by molar-refractivity contribution is 0.448. The van der Waals surface area contributed by atoms with Crippen LogP contribution in [0.5, 0.6) is 11.5 Å². The molecule has 0 aliphatic carbocycles. The van der Waals surface area contributed by atoms with Gasteiger partial charge in [-0.3, -0.25) is 0 Å². The fourth-order valence-corrected chi connectivity index (χ4v) is 6.62. The van der Waals surface area contributed by atoms with Crippen LogP contribution in [0.1, 0.15) is 189 Å². The maximum atomic E-state index is 10.4. The molecule has 0 fully saturated rings. The second-order valence-corrected chi connectivity index (χ2v) is 16.9. The zero-order valence-corrected chi connectivity index (χ0v) is 37.7. The molecule has 0 bridgehead atoms. The normalized spacial score (nSPS) is 14.3. The molecule has 1 aromatic rings. The van der Waals surface area contributed by atoms with Crippen molar-refractivity contribution in [2.24, 2.45) is 0 Å². The first kappa shape index (κ1) is 49.5.